The highest BCUT2D eigenvalue weighted by Crippen LogP contribution is 2.34. The van der Waals surface area contributed by atoms with Crippen molar-refractivity contribution in [3.05, 3.63) is 24.3 Å². The third kappa shape index (κ3) is 2.89. The van der Waals surface area contributed by atoms with Gasteiger partial charge in [0.2, 0.25) is 0 Å². The summed E-state index contributed by atoms with van der Waals surface area (Å²) in [5, 5.41) is 3.21. The van der Waals surface area contributed by atoms with Crippen molar-refractivity contribution in [3.8, 4) is 0 Å². The molecule has 0 amide bonds. The van der Waals surface area contributed by atoms with E-state index < -0.39 is 0 Å². The van der Waals surface area contributed by atoms with Gasteiger partial charge < -0.3 is 10.1 Å². The topological polar surface area (TPSA) is 21.3 Å². The molecule has 2 rings (SSSR count). The molecule has 1 heterocycles. The van der Waals surface area contributed by atoms with Gasteiger partial charge in [-0.25, -0.2) is 0 Å². The lowest BCUT2D eigenvalue weighted by atomic mass is 10.2. The van der Waals surface area contributed by atoms with Crippen LogP contribution in [0, 0.1) is 0 Å². The second-order valence-electron chi connectivity index (χ2n) is 3.66. The summed E-state index contributed by atoms with van der Waals surface area (Å²) in [4.78, 5) is 1.28. The van der Waals surface area contributed by atoms with Crippen LogP contribution in [-0.4, -0.2) is 19.1 Å². The van der Waals surface area contributed by atoms with Crippen LogP contribution in [0.3, 0.4) is 0 Å². The van der Waals surface area contributed by atoms with Gasteiger partial charge in [-0.05, 0) is 31.4 Å². The molecule has 1 aliphatic rings. The minimum absolute atomic E-state index is 0.341. The summed E-state index contributed by atoms with van der Waals surface area (Å²) in [7, 11) is 1.96. The normalized spacial score (nSPS) is 21.3. The molecule has 0 spiro atoms. The largest absolute Gasteiger partial charge is 0.387 e. The Morgan fingerprint density at radius 1 is 1.33 bits per heavy atom. The van der Waals surface area contributed by atoms with Gasteiger partial charge >= 0.3 is 0 Å². The first-order valence-corrected chi connectivity index (χ1v) is 6.33. The van der Waals surface area contributed by atoms with Crippen molar-refractivity contribution in [3.63, 3.8) is 0 Å². The second-order valence-corrected chi connectivity index (χ2v) is 4.86. The van der Waals surface area contributed by atoms with Crippen LogP contribution in [0.25, 0.3) is 0 Å². The van der Waals surface area contributed by atoms with E-state index in [1.165, 1.54) is 29.8 Å². The van der Waals surface area contributed by atoms with E-state index in [0.717, 1.165) is 6.61 Å². The molecule has 1 aliphatic heterocycles. The number of hydrogen-bond acceptors (Lipinski definition) is 3. The molecule has 1 atom stereocenters. The summed E-state index contributed by atoms with van der Waals surface area (Å²) in [6.45, 7) is 0.916. The van der Waals surface area contributed by atoms with Crippen LogP contribution < -0.4 is 5.32 Å². The van der Waals surface area contributed by atoms with Crippen molar-refractivity contribution in [1.29, 1.82) is 0 Å². The molecule has 0 bridgehead atoms. The van der Waals surface area contributed by atoms with Crippen LogP contribution in [0.4, 0.5) is 5.69 Å². The minimum Gasteiger partial charge on any atom is -0.387 e. The third-order valence-corrected chi connectivity index (χ3v) is 3.80. The Morgan fingerprint density at radius 2 is 2.20 bits per heavy atom. The van der Waals surface area contributed by atoms with Gasteiger partial charge in [0.25, 0.3) is 0 Å². The van der Waals surface area contributed by atoms with E-state index in [9.17, 15) is 0 Å². The number of rotatable bonds is 3. The smallest absolute Gasteiger partial charge is 0.107 e. The molecule has 2 nitrogen and oxygen atoms in total. The lowest BCUT2D eigenvalue weighted by Crippen LogP contribution is -2.15. The highest BCUT2D eigenvalue weighted by Gasteiger charge is 2.16. The summed E-state index contributed by atoms with van der Waals surface area (Å²) < 4.78 is 5.72. The zero-order chi connectivity index (χ0) is 10.5. The predicted molar refractivity (Wildman–Crippen MR) is 65.4 cm³/mol. The van der Waals surface area contributed by atoms with Gasteiger partial charge in [0, 0.05) is 24.2 Å². The quantitative estimate of drug-likeness (QED) is 0.849. The molecule has 1 N–H and O–H groups in total. The molecule has 1 aromatic carbocycles. The maximum Gasteiger partial charge on any atom is 0.107 e. The average Bonchev–Trinajstić information content (AvgIpc) is 2.31. The van der Waals surface area contributed by atoms with E-state index in [4.69, 9.17) is 4.74 Å². The van der Waals surface area contributed by atoms with Gasteiger partial charge in [0.1, 0.15) is 5.44 Å². The average molecular weight is 223 g/mol. The fourth-order valence-corrected chi connectivity index (χ4v) is 2.91. The number of anilines is 1. The van der Waals surface area contributed by atoms with Crippen LogP contribution in [0.15, 0.2) is 29.2 Å². The van der Waals surface area contributed by atoms with Crippen LogP contribution in [0.5, 0.6) is 0 Å². The maximum absolute atomic E-state index is 5.72. The summed E-state index contributed by atoms with van der Waals surface area (Å²) in [5.41, 5.74) is 1.53. The maximum atomic E-state index is 5.72. The summed E-state index contributed by atoms with van der Waals surface area (Å²) >= 11 is 1.83. The Morgan fingerprint density at radius 3 is 2.93 bits per heavy atom. The van der Waals surface area contributed by atoms with E-state index in [1.807, 2.05) is 18.8 Å². The van der Waals surface area contributed by atoms with Crippen molar-refractivity contribution in [2.45, 2.75) is 29.6 Å². The molecular weight excluding hydrogens is 206 g/mol. The molecule has 0 aliphatic carbocycles. The molecule has 3 heteroatoms. The summed E-state index contributed by atoms with van der Waals surface area (Å²) in [6, 6.07) is 8.38. The zero-order valence-electron chi connectivity index (χ0n) is 9.03. The molecule has 1 aromatic rings. The molecule has 1 unspecified atom stereocenters. The summed E-state index contributed by atoms with van der Waals surface area (Å²) in [6.07, 6.45) is 3.67. The Hall–Kier alpha value is -0.670. The van der Waals surface area contributed by atoms with E-state index in [-0.39, 0.29) is 0 Å². The van der Waals surface area contributed by atoms with Crippen LogP contribution in [0.2, 0.25) is 0 Å². The second kappa shape index (κ2) is 5.42. The fourth-order valence-electron chi connectivity index (χ4n) is 1.72. The first kappa shape index (κ1) is 10.8. The van der Waals surface area contributed by atoms with Crippen LogP contribution >= 0.6 is 11.8 Å². The molecule has 0 aromatic heterocycles. The Kier molecular flexibility index (Phi) is 3.92. The first-order chi connectivity index (χ1) is 7.40. The monoisotopic (exact) mass is 223 g/mol. The first-order valence-electron chi connectivity index (χ1n) is 5.45. The highest BCUT2D eigenvalue weighted by atomic mass is 32.2. The number of benzene rings is 1. The van der Waals surface area contributed by atoms with Gasteiger partial charge in [-0.15, -0.1) is 0 Å². The Labute approximate surface area is 95.4 Å². The standard InChI is InChI=1S/C12H17NOS/c1-13-10-6-2-3-7-11(10)15-12-8-4-5-9-14-12/h2-3,6-7,12-13H,4-5,8-9H2,1H3. The number of ether oxygens (including phenoxy) is 1. The SMILES string of the molecule is CNc1ccccc1SC1CCCCO1. The lowest BCUT2D eigenvalue weighted by molar-refractivity contribution is 0.0728. The van der Waals surface area contributed by atoms with Crippen molar-refractivity contribution >= 4 is 17.4 Å². The van der Waals surface area contributed by atoms with Gasteiger partial charge in [-0.2, -0.15) is 0 Å². The number of nitrogens with one attached hydrogen (secondary N) is 1. The molecule has 0 radical (unpaired) electrons. The Balaban J connectivity index is 2.02. The number of hydrogen-bond donors (Lipinski definition) is 1. The fraction of sp³-hybridized carbons (Fsp3) is 0.500. The molecule has 15 heavy (non-hydrogen) atoms. The number of para-hydroxylation sites is 1. The van der Waals surface area contributed by atoms with E-state index in [0.29, 0.717) is 5.44 Å². The molecular formula is C12H17NOS. The van der Waals surface area contributed by atoms with E-state index in [1.54, 1.807) is 0 Å². The highest BCUT2D eigenvalue weighted by molar-refractivity contribution is 8.00. The van der Waals surface area contributed by atoms with Crippen LogP contribution in [-0.2, 0) is 4.74 Å². The van der Waals surface area contributed by atoms with Gasteiger partial charge in [-0.1, -0.05) is 23.9 Å². The van der Waals surface area contributed by atoms with Crippen LogP contribution in [0.1, 0.15) is 19.3 Å². The minimum atomic E-state index is 0.341. The molecule has 82 valence electrons. The van der Waals surface area contributed by atoms with Crippen molar-refractivity contribution in [1.82, 2.24) is 0 Å². The zero-order valence-corrected chi connectivity index (χ0v) is 9.85. The van der Waals surface area contributed by atoms with E-state index in [2.05, 4.69) is 29.6 Å². The third-order valence-electron chi connectivity index (χ3n) is 2.55. The molecule has 1 saturated heterocycles. The van der Waals surface area contributed by atoms with Gasteiger partial charge in [0.15, 0.2) is 0 Å². The van der Waals surface area contributed by atoms with Crippen molar-refractivity contribution in [2.75, 3.05) is 19.0 Å². The van der Waals surface area contributed by atoms with Gasteiger partial charge in [-0.3, -0.25) is 0 Å². The lowest BCUT2D eigenvalue weighted by Gasteiger charge is -2.22. The van der Waals surface area contributed by atoms with Crippen molar-refractivity contribution < 1.29 is 4.74 Å². The van der Waals surface area contributed by atoms with Crippen molar-refractivity contribution in [2.24, 2.45) is 0 Å². The Bertz CT molecular complexity index is 310. The molecule has 1 fully saturated rings. The predicted octanol–water partition coefficient (Wildman–Crippen LogP) is 3.35. The number of thioether (sulfide) groups is 1. The summed E-state index contributed by atoms with van der Waals surface area (Å²) in [5.74, 6) is 0. The van der Waals surface area contributed by atoms with E-state index >= 15 is 0 Å². The van der Waals surface area contributed by atoms with Gasteiger partial charge in [0.05, 0.1) is 0 Å². The molecule has 0 saturated carbocycles.